The number of rotatable bonds is 5. The molecule has 2 atom stereocenters. The minimum Gasteiger partial charge on any atom is -0.466 e. The molecule has 1 heterocycles. The fraction of sp³-hybridized carbons (Fsp3) is 0.929. The van der Waals surface area contributed by atoms with Crippen LogP contribution in [0, 0.1) is 0 Å². The maximum Gasteiger partial charge on any atom is 0.307 e. The highest BCUT2D eigenvalue weighted by Crippen LogP contribution is 2.39. The average molecular weight is 257 g/mol. The molecule has 2 unspecified atom stereocenters. The van der Waals surface area contributed by atoms with E-state index in [1.165, 1.54) is 0 Å². The smallest absolute Gasteiger partial charge is 0.307 e. The van der Waals surface area contributed by atoms with Gasteiger partial charge in [0.1, 0.15) is 0 Å². The van der Waals surface area contributed by atoms with Crippen molar-refractivity contribution in [2.45, 2.75) is 57.6 Å². The summed E-state index contributed by atoms with van der Waals surface area (Å²) in [6.45, 7) is 7.28. The predicted octanol–water partition coefficient (Wildman–Crippen LogP) is 2.22. The lowest BCUT2D eigenvalue weighted by Crippen LogP contribution is -2.55. The number of esters is 1. The van der Waals surface area contributed by atoms with Crippen molar-refractivity contribution in [2.24, 2.45) is 0 Å². The topological polar surface area (TPSA) is 38.8 Å². The Labute approximate surface area is 111 Å². The highest BCUT2D eigenvalue weighted by molar-refractivity contribution is 5.71. The normalized spacial score (nSPS) is 32.6. The van der Waals surface area contributed by atoms with Gasteiger partial charge in [0.25, 0.3) is 0 Å². The summed E-state index contributed by atoms with van der Waals surface area (Å²) in [5.41, 5.74) is -0.260. The number of ether oxygens (including phenoxy) is 2. The Morgan fingerprint density at radius 1 is 1.39 bits per heavy atom. The second-order valence-electron chi connectivity index (χ2n) is 5.68. The largest absolute Gasteiger partial charge is 0.466 e. The lowest BCUT2D eigenvalue weighted by molar-refractivity contribution is -0.156. The van der Waals surface area contributed by atoms with Crippen LogP contribution in [0.1, 0.15) is 46.5 Å². The molecule has 1 aliphatic rings. The van der Waals surface area contributed by atoms with E-state index in [-0.39, 0.29) is 17.1 Å². The summed E-state index contributed by atoms with van der Waals surface area (Å²) in [4.78, 5) is 14.0. The molecule has 0 saturated carbocycles. The van der Waals surface area contributed by atoms with Gasteiger partial charge in [0.2, 0.25) is 0 Å². The Kier molecular flexibility index (Phi) is 5.17. The third-order valence-electron chi connectivity index (χ3n) is 4.20. The van der Waals surface area contributed by atoms with Gasteiger partial charge in [-0.2, -0.15) is 0 Å². The van der Waals surface area contributed by atoms with Crippen LogP contribution in [-0.4, -0.2) is 49.3 Å². The van der Waals surface area contributed by atoms with Crippen LogP contribution in [0.4, 0.5) is 0 Å². The maximum atomic E-state index is 11.8. The first-order chi connectivity index (χ1) is 8.37. The first-order valence-corrected chi connectivity index (χ1v) is 6.84. The molecule has 0 spiro atoms. The molecule has 1 saturated heterocycles. The van der Waals surface area contributed by atoms with Crippen molar-refractivity contribution < 1.29 is 14.3 Å². The molecule has 1 rings (SSSR count). The van der Waals surface area contributed by atoms with E-state index in [1.807, 2.05) is 21.0 Å². The fourth-order valence-corrected chi connectivity index (χ4v) is 2.72. The van der Waals surface area contributed by atoms with Gasteiger partial charge in [0, 0.05) is 12.1 Å². The second kappa shape index (κ2) is 6.02. The number of hydrogen-bond donors (Lipinski definition) is 0. The summed E-state index contributed by atoms with van der Waals surface area (Å²) in [5, 5.41) is 0. The number of hydrogen-bond acceptors (Lipinski definition) is 4. The summed E-state index contributed by atoms with van der Waals surface area (Å²) < 4.78 is 11.0. The molecule has 1 fully saturated rings. The van der Waals surface area contributed by atoms with E-state index in [1.54, 1.807) is 0 Å². The maximum absolute atomic E-state index is 11.8. The quantitative estimate of drug-likeness (QED) is 0.708. The van der Waals surface area contributed by atoms with Crippen LogP contribution in [0.15, 0.2) is 0 Å². The monoisotopic (exact) mass is 257 g/mol. The van der Waals surface area contributed by atoms with Gasteiger partial charge in [-0.05, 0) is 47.2 Å². The third kappa shape index (κ3) is 3.45. The molecule has 18 heavy (non-hydrogen) atoms. The molecule has 0 aliphatic carbocycles. The second-order valence-corrected chi connectivity index (χ2v) is 5.68. The predicted molar refractivity (Wildman–Crippen MR) is 71.6 cm³/mol. The Hall–Kier alpha value is -0.610. The van der Waals surface area contributed by atoms with E-state index in [9.17, 15) is 4.79 Å². The van der Waals surface area contributed by atoms with Crippen LogP contribution < -0.4 is 0 Å². The Balaban J connectivity index is 2.83. The van der Waals surface area contributed by atoms with Gasteiger partial charge in [-0.15, -0.1) is 0 Å². The van der Waals surface area contributed by atoms with Crippen LogP contribution in [-0.2, 0) is 14.3 Å². The van der Waals surface area contributed by atoms with Gasteiger partial charge < -0.3 is 14.4 Å². The highest BCUT2D eigenvalue weighted by atomic mass is 16.5. The molecule has 0 radical (unpaired) electrons. The van der Waals surface area contributed by atoms with Gasteiger partial charge in [0.05, 0.1) is 18.6 Å². The van der Waals surface area contributed by atoms with Crippen LogP contribution in [0.3, 0.4) is 0 Å². The molecule has 4 nitrogen and oxygen atoms in total. The zero-order valence-corrected chi connectivity index (χ0v) is 12.4. The molecular formula is C14H27NO3. The minimum absolute atomic E-state index is 0.105. The SMILES string of the molecule is CCOC(=O)CC1(N(C)C)CCOC(C)(CC)C1. The molecule has 106 valence electrons. The summed E-state index contributed by atoms with van der Waals surface area (Å²) in [7, 11) is 4.08. The highest BCUT2D eigenvalue weighted by Gasteiger charge is 2.45. The molecule has 0 aromatic heterocycles. The number of carbonyl (C=O) groups is 1. The van der Waals surface area contributed by atoms with Crippen LogP contribution in [0.5, 0.6) is 0 Å². The van der Waals surface area contributed by atoms with E-state index in [4.69, 9.17) is 9.47 Å². The Bertz CT molecular complexity index is 293. The average Bonchev–Trinajstić information content (AvgIpc) is 2.29. The molecule has 0 amide bonds. The van der Waals surface area contributed by atoms with E-state index in [0.717, 1.165) is 19.3 Å². The lowest BCUT2D eigenvalue weighted by atomic mass is 9.76. The van der Waals surface area contributed by atoms with Crippen LogP contribution in [0.2, 0.25) is 0 Å². The van der Waals surface area contributed by atoms with Crippen LogP contribution in [0.25, 0.3) is 0 Å². The Morgan fingerprint density at radius 2 is 2.06 bits per heavy atom. The van der Waals surface area contributed by atoms with E-state index in [0.29, 0.717) is 19.6 Å². The molecule has 0 N–H and O–H groups in total. The van der Waals surface area contributed by atoms with Crippen LogP contribution >= 0.6 is 0 Å². The van der Waals surface area contributed by atoms with Gasteiger partial charge in [-0.25, -0.2) is 0 Å². The van der Waals surface area contributed by atoms with Gasteiger partial charge in [-0.1, -0.05) is 6.92 Å². The number of nitrogens with zero attached hydrogens (tertiary/aromatic N) is 1. The molecule has 0 aromatic carbocycles. The summed E-state index contributed by atoms with van der Waals surface area (Å²) >= 11 is 0. The van der Waals surface area contributed by atoms with E-state index >= 15 is 0 Å². The molecule has 4 heteroatoms. The molecule has 1 aliphatic heterocycles. The first-order valence-electron chi connectivity index (χ1n) is 6.84. The number of carbonyl (C=O) groups excluding carboxylic acids is 1. The first kappa shape index (κ1) is 15.4. The Morgan fingerprint density at radius 3 is 2.56 bits per heavy atom. The van der Waals surface area contributed by atoms with Crippen molar-refractivity contribution >= 4 is 5.97 Å². The van der Waals surface area contributed by atoms with Crippen molar-refractivity contribution in [3.05, 3.63) is 0 Å². The zero-order chi connectivity index (χ0) is 13.8. The zero-order valence-electron chi connectivity index (χ0n) is 12.4. The van der Waals surface area contributed by atoms with Crippen molar-refractivity contribution in [1.82, 2.24) is 4.90 Å². The third-order valence-corrected chi connectivity index (χ3v) is 4.20. The summed E-state index contributed by atoms with van der Waals surface area (Å²) in [6, 6.07) is 0. The van der Waals surface area contributed by atoms with Gasteiger partial charge >= 0.3 is 5.97 Å². The molecule has 0 aromatic rings. The molecule has 0 bridgehead atoms. The van der Waals surface area contributed by atoms with Gasteiger partial charge in [-0.3, -0.25) is 4.79 Å². The van der Waals surface area contributed by atoms with E-state index in [2.05, 4.69) is 18.7 Å². The van der Waals surface area contributed by atoms with Crippen molar-refractivity contribution in [3.8, 4) is 0 Å². The van der Waals surface area contributed by atoms with Crippen molar-refractivity contribution in [3.63, 3.8) is 0 Å². The lowest BCUT2D eigenvalue weighted by Gasteiger charge is -2.49. The fourth-order valence-electron chi connectivity index (χ4n) is 2.72. The molecular weight excluding hydrogens is 230 g/mol. The summed E-state index contributed by atoms with van der Waals surface area (Å²) in [5.74, 6) is -0.105. The van der Waals surface area contributed by atoms with Crippen molar-refractivity contribution in [2.75, 3.05) is 27.3 Å². The van der Waals surface area contributed by atoms with Gasteiger partial charge in [0.15, 0.2) is 0 Å². The van der Waals surface area contributed by atoms with Crippen molar-refractivity contribution in [1.29, 1.82) is 0 Å². The minimum atomic E-state index is -0.130. The standard InChI is InChI=1S/C14H27NO3/c1-6-13(3)11-14(15(4)5,8-9-18-13)10-12(16)17-7-2/h6-11H2,1-5H3. The summed E-state index contributed by atoms with van der Waals surface area (Å²) in [6.07, 6.45) is 3.18. The van der Waals surface area contributed by atoms with E-state index < -0.39 is 0 Å².